The van der Waals surface area contributed by atoms with Gasteiger partial charge in [0, 0.05) is 39.0 Å². The van der Waals surface area contributed by atoms with Gasteiger partial charge < -0.3 is 10.2 Å². The number of piperidine rings is 1. The van der Waals surface area contributed by atoms with E-state index in [9.17, 15) is 8.78 Å². The maximum atomic E-state index is 13.0. The Morgan fingerprint density at radius 3 is 2.19 bits per heavy atom. The molecule has 0 unspecified atom stereocenters. The highest BCUT2D eigenvalue weighted by molar-refractivity contribution is 4.93. The Morgan fingerprint density at radius 2 is 1.75 bits per heavy atom. The molecule has 94 valence electrons. The van der Waals surface area contributed by atoms with E-state index in [1.165, 1.54) is 19.3 Å². The summed E-state index contributed by atoms with van der Waals surface area (Å²) in [6.45, 7) is 3.17. The van der Waals surface area contributed by atoms with Crippen LogP contribution >= 0.6 is 0 Å². The fourth-order valence-corrected chi connectivity index (χ4v) is 2.96. The molecule has 1 N–H and O–H groups in total. The molecule has 0 radical (unpaired) electrons. The summed E-state index contributed by atoms with van der Waals surface area (Å²) >= 11 is 0. The number of alkyl halides is 2. The van der Waals surface area contributed by atoms with Crippen LogP contribution < -0.4 is 5.32 Å². The van der Waals surface area contributed by atoms with E-state index in [1.807, 2.05) is 7.05 Å². The van der Waals surface area contributed by atoms with Gasteiger partial charge in [-0.3, -0.25) is 0 Å². The first-order valence-electron chi connectivity index (χ1n) is 6.30. The molecule has 0 atom stereocenters. The normalized spacial score (nSPS) is 28.7. The molecule has 2 aliphatic rings. The van der Waals surface area contributed by atoms with Gasteiger partial charge in [0.15, 0.2) is 0 Å². The molecule has 0 aromatic heterocycles. The number of rotatable bonds is 4. The largest absolute Gasteiger partial charge is 0.319 e. The molecule has 4 heteroatoms. The molecule has 2 rings (SSSR count). The van der Waals surface area contributed by atoms with Crippen LogP contribution in [-0.2, 0) is 0 Å². The molecule has 2 fully saturated rings. The van der Waals surface area contributed by atoms with Crippen LogP contribution in [-0.4, -0.2) is 44.0 Å². The van der Waals surface area contributed by atoms with Crippen molar-refractivity contribution in [3.63, 3.8) is 0 Å². The number of hydrogen-bond acceptors (Lipinski definition) is 2. The van der Waals surface area contributed by atoms with Gasteiger partial charge in [-0.15, -0.1) is 0 Å². The standard InChI is InChI=1S/C12H22F2N2/c1-15-9-11(3-2-4-11)10-16-7-5-12(13,14)6-8-16/h15H,2-10H2,1H3. The summed E-state index contributed by atoms with van der Waals surface area (Å²) in [6, 6.07) is 0. The van der Waals surface area contributed by atoms with Gasteiger partial charge in [0.25, 0.3) is 5.92 Å². The Kier molecular flexibility index (Phi) is 3.50. The molecule has 0 bridgehead atoms. The van der Waals surface area contributed by atoms with Gasteiger partial charge in [0.2, 0.25) is 0 Å². The van der Waals surface area contributed by atoms with Gasteiger partial charge >= 0.3 is 0 Å². The molecular formula is C12H22F2N2. The van der Waals surface area contributed by atoms with Crippen molar-refractivity contribution in [2.75, 3.05) is 33.2 Å². The van der Waals surface area contributed by atoms with Gasteiger partial charge in [-0.1, -0.05) is 6.42 Å². The Bertz CT molecular complexity index is 229. The first kappa shape index (κ1) is 12.2. The van der Waals surface area contributed by atoms with Crippen molar-refractivity contribution in [3.8, 4) is 0 Å². The fraction of sp³-hybridized carbons (Fsp3) is 1.00. The minimum atomic E-state index is -2.41. The topological polar surface area (TPSA) is 15.3 Å². The fourth-order valence-electron chi connectivity index (χ4n) is 2.96. The van der Waals surface area contributed by atoms with Crippen LogP contribution in [0.25, 0.3) is 0 Å². The summed E-state index contributed by atoms with van der Waals surface area (Å²) < 4.78 is 26.0. The van der Waals surface area contributed by atoms with E-state index in [1.54, 1.807) is 0 Å². The van der Waals surface area contributed by atoms with Gasteiger partial charge in [-0.25, -0.2) is 8.78 Å². The smallest absolute Gasteiger partial charge is 0.250 e. The molecule has 0 aromatic rings. The van der Waals surface area contributed by atoms with Crippen LogP contribution in [0, 0.1) is 5.41 Å². The summed E-state index contributed by atoms with van der Waals surface area (Å²) in [4.78, 5) is 2.23. The van der Waals surface area contributed by atoms with E-state index in [2.05, 4.69) is 10.2 Å². The highest BCUT2D eigenvalue weighted by Crippen LogP contribution is 2.42. The third-order valence-electron chi connectivity index (χ3n) is 4.11. The summed E-state index contributed by atoms with van der Waals surface area (Å²) in [5.74, 6) is -2.41. The lowest BCUT2D eigenvalue weighted by Crippen LogP contribution is -2.50. The van der Waals surface area contributed by atoms with Gasteiger partial charge in [-0.05, 0) is 25.3 Å². The third kappa shape index (κ3) is 2.72. The predicted molar refractivity (Wildman–Crippen MR) is 60.8 cm³/mol. The zero-order valence-corrected chi connectivity index (χ0v) is 10.1. The van der Waals surface area contributed by atoms with Crippen LogP contribution in [0.15, 0.2) is 0 Å². The van der Waals surface area contributed by atoms with Gasteiger partial charge in [0.1, 0.15) is 0 Å². The van der Waals surface area contributed by atoms with E-state index in [4.69, 9.17) is 0 Å². The quantitative estimate of drug-likeness (QED) is 0.798. The maximum absolute atomic E-state index is 13.0. The van der Waals surface area contributed by atoms with E-state index in [0.29, 0.717) is 18.5 Å². The number of halogens is 2. The Labute approximate surface area is 96.4 Å². The molecule has 1 saturated carbocycles. The molecule has 2 nitrogen and oxygen atoms in total. The Hall–Kier alpha value is -0.220. The molecular weight excluding hydrogens is 210 g/mol. The molecule has 1 heterocycles. The SMILES string of the molecule is CNCC1(CN2CCC(F)(F)CC2)CCC1. The lowest BCUT2D eigenvalue weighted by molar-refractivity contribution is -0.0668. The summed E-state index contributed by atoms with van der Waals surface area (Å²) in [5.41, 5.74) is 0.376. The second kappa shape index (κ2) is 4.57. The lowest BCUT2D eigenvalue weighted by atomic mass is 9.68. The van der Waals surface area contributed by atoms with Crippen molar-refractivity contribution in [1.29, 1.82) is 0 Å². The highest BCUT2D eigenvalue weighted by Gasteiger charge is 2.40. The van der Waals surface area contributed by atoms with Crippen molar-refractivity contribution in [2.24, 2.45) is 5.41 Å². The first-order chi connectivity index (χ1) is 7.55. The zero-order valence-electron chi connectivity index (χ0n) is 10.1. The van der Waals surface area contributed by atoms with E-state index >= 15 is 0 Å². The monoisotopic (exact) mass is 232 g/mol. The van der Waals surface area contributed by atoms with Crippen molar-refractivity contribution in [2.45, 2.75) is 38.0 Å². The second-order valence-corrected chi connectivity index (χ2v) is 5.52. The van der Waals surface area contributed by atoms with Crippen LogP contribution in [0.1, 0.15) is 32.1 Å². The highest BCUT2D eigenvalue weighted by atomic mass is 19.3. The third-order valence-corrected chi connectivity index (χ3v) is 4.11. The summed E-state index contributed by atoms with van der Waals surface area (Å²) in [6.07, 6.45) is 3.89. The van der Waals surface area contributed by atoms with E-state index in [-0.39, 0.29) is 12.8 Å². The van der Waals surface area contributed by atoms with Crippen molar-refractivity contribution < 1.29 is 8.78 Å². The average Bonchev–Trinajstić information content (AvgIpc) is 2.18. The van der Waals surface area contributed by atoms with Gasteiger partial charge in [-0.2, -0.15) is 0 Å². The van der Waals surface area contributed by atoms with E-state index < -0.39 is 5.92 Å². The van der Waals surface area contributed by atoms with Crippen LogP contribution in [0.3, 0.4) is 0 Å². The van der Waals surface area contributed by atoms with Crippen LogP contribution in [0.4, 0.5) is 8.78 Å². The van der Waals surface area contributed by atoms with Crippen LogP contribution in [0.2, 0.25) is 0 Å². The number of likely N-dealkylation sites (tertiary alicyclic amines) is 1. The van der Waals surface area contributed by atoms with Crippen LogP contribution in [0.5, 0.6) is 0 Å². The zero-order chi connectivity index (χ0) is 11.6. The molecule has 0 spiro atoms. The van der Waals surface area contributed by atoms with E-state index in [0.717, 1.165) is 13.1 Å². The number of hydrogen-bond donors (Lipinski definition) is 1. The van der Waals surface area contributed by atoms with Crippen molar-refractivity contribution >= 4 is 0 Å². The molecule has 1 aliphatic carbocycles. The minimum absolute atomic E-state index is 0.0443. The maximum Gasteiger partial charge on any atom is 0.250 e. The second-order valence-electron chi connectivity index (χ2n) is 5.52. The molecule has 1 saturated heterocycles. The van der Waals surface area contributed by atoms with Crippen molar-refractivity contribution in [1.82, 2.24) is 10.2 Å². The Balaban J connectivity index is 1.81. The number of nitrogens with one attached hydrogen (secondary N) is 1. The lowest BCUT2D eigenvalue weighted by Gasteiger charge is -2.46. The first-order valence-corrected chi connectivity index (χ1v) is 6.30. The molecule has 0 aromatic carbocycles. The molecule has 1 aliphatic heterocycles. The molecule has 16 heavy (non-hydrogen) atoms. The summed E-state index contributed by atoms with van der Waals surface area (Å²) in [7, 11) is 1.98. The average molecular weight is 232 g/mol. The summed E-state index contributed by atoms with van der Waals surface area (Å²) in [5, 5.41) is 3.24. The minimum Gasteiger partial charge on any atom is -0.319 e. The van der Waals surface area contributed by atoms with Crippen molar-refractivity contribution in [3.05, 3.63) is 0 Å². The Morgan fingerprint density at radius 1 is 1.12 bits per heavy atom. The van der Waals surface area contributed by atoms with Gasteiger partial charge in [0.05, 0.1) is 0 Å². The predicted octanol–water partition coefficient (Wildman–Crippen LogP) is 2.11. The molecule has 0 amide bonds. The number of nitrogens with zero attached hydrogens (tertiary/aromatic N) is 1.